The van der Waals surface area contributed by atoms with Crippen LogP contribution in [0.3, 0.4) is 0 Å². The minimum atomic E-state index is 0.248. The lowest BCUT2D eigenvalue weighted by atomic mass is 10.4. The number of thioether (sulfide) groups is 1. The fourth-order valence-corrected chi connectivity index (χ4v) is 3.02. The molecule has 4 nitrogen and oxygen atoms in total. The zero-order valence-electron chi connectivity index (χ0n) is 10.1. The smallest absolute Gasteiger partial charge is 0.191 e. The van der Waals surface area contributed by atoms with Crippen molar-refractivity contribution in [3.63, 3.8) is 0 Å². The molecular formula is C12H17N3OS. The van der Waals surface area contributed by atoms with Gasteiger partial charge in [0.2, 0.25) is 0 Å². The van der Waals surface area contributed by atoms with Crippen LogP contribution >= 0.6 is 11.8 Å². The Morgan fingerprint density at radius 1 is 1.35 bits per heavy atom. The molecule has 1 aromatic rings. The molecule has 1 aromatic heterocycles. The van der Waals surface area contributed by atoms with Gasteiger partial charge in [0.25, 0.3) is 0 Å². The van der Waals surface area contributed by atoms with E-state index in [9.17, 15) is 4.79 Å². The van der Waals surface area contributed by atoms with Gasteiger partial charge in [0.15, 0.2) is 5.16 Å². The van der Waals surface area contributed by atoms with Crippen molar-refractivity contribution >= 4 is 17.5 Å². The Hall–Kier alpha value is -0.840. The Balaban J connectivity index is 1.72. The average molecular weight is 251 g/mol. The highest BCUT2D eigenvalue weighted by Crippen LogP contribution is 2.45. The van der Waals surface area contributed by atoms with Crippen LogP contribution < -0.4 is 0 Å². The summed E-state index contributed by atoms with van der Waals surface area (Å²) in [5.74, 6) is 2.92. The van der Waals surface area contributed by atoms with Crippen molar-refractivity contribution in [1.29, 1.82) is 0 Å². The van der Waals surface area contributed by atoms with Gasteiger partial charge in [0.05, 0.1) is 0 Å². The second kappa shape index (κ2) is 4.44. The molecule has 2 fully saturated rings. The van der Waals surface area contributed by atoms with Gasteiger partial charge in [-0.05, 0) is 32.6 Å². The van der Waals surface area contributed by atoms with Crippen LogP contribution in [0.5, 0.6) is 0 Å². The second-order valence-corrected chi connectivity index (χ2v) is 6.08. The highest BCUT2D eigenvalue weighted by Gasteiger charge is 2.36. The van der Waals surface area contributed by atoms with Crippen molar-refractivity contribution in [3.05, 3.63) is 5.82 Å². The molecule has 1 heterocycles. The van der Waals surface area contributed by atoms with E-state index < -0.39 is 0 Å². The molecular weight excluding hydrogens is 234 g/mol. The van der Waals surface area contributed by atoms with E-state index in [1.165, 1.54) is 31.5 Å². The van der Waals surface area contributed by atoms with Crippen LogP contribution in [0.15, 0.2) is 5.16 Å². The molecule has 17 heavy (non-hydrogen) atoms. The quantitative estimate of drug-likeness (QED) is 0.729. The second-order valence-electron chi connectivity index (χ2n) is 5.02. The number of rotatable bonds is 6. The number of carbonyl (C=O) groups excluding carboxylic acids is 1. The maximum Gasteiger partial charge on any atom is 0.191 e. The first-order valence-corrected chi connectivity index (χ1v) is 7.31. The number of hydrogen-bond donors (Lipinski definition) is 0. The van der Waals surface area contributed by atoms with Crippen LogP contribution in [-0.4, -0.2) is 26.3 Å². The molecule has 3 rings (SSSR count). The van der Waals surface area contributed by atoms with E-state index in [0.29, 0.717) is 18.4 Å². The summed E-state index contributed by atoms with van der Waals surface area (Å²) in [4.78, 5) is 10.9. The summed E-state index contributed by atoms with van der Waals surface area (Å²) in [6.45, 7) is 1.64. The fraction of sp³-hybridized carbons (Fsp3) is 0.750. The first-order chi connectivity index (χ1) is 8.25. The molecule has 0 saturated heterocycles. The highest BCUT2D eigenvalue weighted by atomic mass is 32.2. The van der Waals surface area contributed by atoms with Gasteiger partial charge in [-0.1, -0.05) is 11.8 Å². The van der Waals surface area contributed by atoms with Crippen LogP contribution in [0.1, 0.15) is 56.8 Å². The van der Waals surface area contributed by atoms with E-state index in [4.69, 9.17) is 0 Å². The third-order valence-electron chi connectivity index (χ3n) is 3.23. The Kier molecular flexibility index (Phi) is 2.94. The summed E-state index contributed by atoms with van der Waals surface area (Å²) in [7, 11) is 0. The zero-order chi connectivity index (χ0) is 11.8. The summed E-state index contributed by atoms with van der Waals surface area (Å²) < 4.78 is 2.34. The molecule has 0 aliphatic heterocycles. The van der Waals surface area contributed by atoms with E-state index in [2.05, 4.69) is 14.8 Å². The maximum atomic E-state index is 10.9. The highest BCUT2D eigenvalue weighted by molar-refractivity contribution is 7.99. The molecule has 0 N–H and O–H groups in total. The van der Waals surface area contributed by atoms with Gasteiger partial charge >= 0.3 is 0 Å². The molecule has 0 unspecified atom stereocenters. The molecule has 0 bridgehead atoms. The van der Waals surface area contributed by atoms with Crippen LogP contribution in [0.4, 0.5) is 0 Å². The van der Waals surface area contributed by atoms with Crippen LogP contribution in [0.2, 0.25) is 0 Å². The van der Waals surface area contributed by atoms with Crippen molar-refractivity contribution in [2.75, 3.05) is 5.75 Å². The molecule has 0 radical (unpaired) electrons. The predicted molar refractivity (Wildman–Crippen MR) is 66.3 cm³/mol. The molecule has 0 aromatic carbocycles. The van der Waals surface area contributed by atoms with Crippen molar-refractivity contribution in [2.45, 2.75) is 56.1 Å². The van der Waals surface area contributed by atoms with E-state index in [0.717, 1.165) is 10.9 Å². The Labute approximate surface area is 105 Å². The molecule has 92 valence electrons. The fourth-order valence-electron chi connectivity index (χ4n) is 1.97. The minimum absolute atomic E-state index is 0.248. The monoisotopic (exact) mass is 251 g/mol. The summed E-state index contributed by atoms with van der Waals surface area (Å²) in [5, 5.41) is 9.67. The predicted octanol–water partition coefficient (Wildman–Crippen LogP) is 2.56. The molecule has 5 heteroatoms. The van der Waals surface area contributed by atoms with E-state index in [-0.39, 0.29) is 5.78 Å². The molecule has 0 atom stereocenters. The zero-order valence-corrected chi connectivity index (χ0v) is 10.9. The maximum absolute atomic E-state index is 10.9. The Morgan fingerprint density at radius 2 is 2.12 bits per heavy atom. The molecule has 2 aliphatic carbocycles. The van der Waals surface area contributed by atoms with Gasteiger partial charge in [-0.15, -0.1) is 10.2 Å². The van der Waals surface area contributed by atoms with Gasteiger partial charge < -0.3 is 4.57 Å². The van der Waals surface area contributed by atoms with Gasteiger partial charge in [-0.2, -0.15) is 0 Å². The topological polar surface area (TPSA) is 47.8 Å². The Bertz CT molecular complexity index is 435. The molecule has 2 saturated carbocycles. The normalized spacial score (nSPS) is 19.6. The van der Waals surface area contributed by atoms with Crippen LogP contribution in [0.25, 0.3) is 0 Å². The number of ketones is 1. The summed E-state index contributed by atoms with van der Waals surface area (Å²) in [5.41, 5.74) is 0. The van der Waals surface area contributed by atoms with Crippen molar-refractivity contribution < 1.29 is 4.79 Å². The number of nitrogens with zero attached hydrogens (tertiary/aromatic N) is 3. The third-order valence-corrected chi connectivity index (χ3v) is 4.18. The minimum Gasteiger partial charge on any atom is -0.303 e. The van der Waals surface area contributed by atoms with Crippen molar-refractivity contribution in [3.8, 4) is 0 Å². The number of hydrogen-bond acceptors (Lipinski definition) is 4. The lowest BCUT2D eigenvalue weighted by Gasteiger charge is -2.07. The standard InChI is InChI=1S/C12H17N3OS/c1-8(16)6-7-17-12-14-13-11(9-2-3-9)15(12)10-4-5-10/h9-10H,2-7H2,1H3. The third kappa shape index (κ3) is 2.54. The lowest BCUT2D eigenvalue weighted by Crippen LogP contribution is -2.02. The SMILES string of the molecule is CC(=O)CCSc1nnc(C2CC2)n1C1CC1. The Morgan fingerprint density at radius 3 is 2.71 bits per heavy atom. The summed E-state index contributed by atoms with van der Waals surface area (Å²) in [6, 6.07) is 0.639. The number of carbonyl (C=O) groups is 1. The van der Waals surface area contributed by atoms with E-state index in [1.807, 2.05) is 0 Å². The summed E-state index contributed by atoms with van der Waals surface area (Å²) in [6.07, 6.45) is 5.68. The van der Waals surface area contributed by atoms with Gasteiger partial charge in [0.1, 0.15) is 11.6 Å². The lowest BCUT2D eigenvalue weighted by molar-refractivity contribution is -0.116. The largest absolute Gasteiger partial charge is 0.303 e. The number of aromatic nitrogens is 3. The molecule has 2 aliphatic rings. The van der Waals surface area contributed by atoms with Crippen molar-refractivity contribution in [2.24, 2.45) is 0 Å². The first kappa shape index (κ1) is 11.3. The average Bonchev–Trinajstić information content (AvgIpc) is 3.18. The van der Waals surface area contributed by atoms with E-state index >= 15 is 0 Å². The van der Waals surface area contributed by atoms with Gasteiger partial charge in [-0.25, -0.2) is 0 Å². The first-order valence-electron chi connectivity index (χ1n) is 6.32. The van der Waals surface area contributed by atoms with Crippen LogP contribution in [-0.2, 0) is 4.79 Å². The number of Topliss-reactive ketones (excluding diaryl/α,β-unsaturated/α-hetero) is 1. The molecule has 0 amide bonds. The van der Waals surface area contributed by atoms with Gasteiger partial charge in [0, 0.05) is 24.1 Å². The van der Waals surface area contributed by atoms with Crippen LogP contribution in [0, 0.1) is 0 Å². The van der Waals surface area contributed by atoms with E-state index in [1.54, 1.807) is 18.7 Å². The summed E-state index contributed by atoms with van der Waals surface area (Å²) >= 11 is 1.68. The van der Waals surface area contributed by atoms with Crippen molar-refractivity contribution in [1.82, 2.24) is 14.8 Å². The van der Waals surface area contributed by atoms with Gasteiger partial charge in [-0.3, -0.25) is 4.79 Å². The molecule has 0 spiro atoms.